The monoisotopic (exact) mass is 774 g/mol. The summed E-state index contributed by atoms with van der Waals surface area (Å²) in [7, 11) is 2.52. The molecule has 0 aliphatic carbocycles. The van der Waals surface area contributed by atoms with Gasteiger partial charge >= 0.3 is 12.2 Å². The average molecular weight is 775 g/mol. The first-order chi connectivity index (χ1) is 26.4. The molecule has 4 amide bonds. The number of H-pyrrole nitrogens is 2. The van der Waals surface area contributed by atoms with Crippen LogP contribution in [0.15, 0.2) is 54.9 Å². The van der Waals surface area contributed by atoms with E-state index >= 15 is 4.39 Å². The smallest absolute Gasteiger partial charge is 0.407 e. The van der Waals surface area contributed by atoms with Crippen LogP contribution in [0.3, 0.4) is 0 Å². The highest BCUT2D eigenvalue weighted by molar-refractivity contribution is 7.99. The highest BCUT2D eigenvalue weighted by Crippen LogP contribution is 2.38. The van der Waals surface area contributed by atoms with E-state index in [-0.39, 0.29) is 35.1 Å². The molecular formula is C39H47FN8O6S. The molecule has 292 valence electrons. The van der Waals surface area contributed by atoms with Crippen LogP contribution in [0.4, 0.5) is 14.0 Å². The largest absolute Gasteiger partial charge is 0.453 e. The Morgan fingerprint density at radius 1 is 0.836 bits per heavy atom. The first-order valence-electron chi connectivity index (χ1n) is 18.3. The van der Waals surface area contributed by atoms with E-state index in [0.717, 1.165) is 24.1 Å². The number of alkyl carbamates (subject to hydrolysis) is 2. The number of hydrogen-bond acceptors (Lipinski definition) is 9. The Bertz CT molecular complexity index is 2020. The fourth-order valence-corrected chi connectivity index (χ4v) is 7.95. The van der Waals surface area contributed by atoms with Crippen LogP contribution in [0.25, 0.3) is 33.6 Å². The van der Waals surface area contributed by atoms with Crippen molar-refractivity contribution in [3.05, 3.63) is 72.3 Å². The predicted octanol–water partition coefficient (Wildman–Crippen LogP) is 6.07. The van der Waals surface area contributed by atoms with Crippen molar-refractivity contribution in [2.45, 2.75) is 69.5 Å². The van der Waals surface area contributed by atoms with Gasteiger partial charge in [0.2, 0.25) is 11.8 Å². The Morgan fingerprint density at radius 3 is 2.05 bits per heavy atom. The van der Waals surface area contributed by atoms with Crippen molar-refractivity contribution in [2.24, 2.45) is 5.92 Å². The molecule has 2 fully saturated rings. The van der Waals surface area contributed by atoms with Gasteiger partial charge in [-0.15, -0.1) is 0 Å². The number of amides is 4. The first-order valence-corrected chi connectivity index (χ1v) is 19.5. The number of rotatable bonds is 11. The van der Waals surface area contributed by atoms with E-state index in [2.05, 4.69) is 35.3 Å². The van der Waals surface area contributed by atoms with Crippen LogP contribution in [-0.4, -0.2) is 105 Å². The van der Waals surface area contributed by atoms with E-state index in [4.69, 9.17) is 4.74 Å². The molecule has 4 aromatic rings. The van der Waals surface area contributed by atoms with Crippen molar-refractivity contribution in [3.8, 4) is 33.6 Å². The van der Waals surface area contributed by atoms with E-state index in [0.29, 0.717) is 53.5 Å². The zero-order valence-corrected chi connectivity index (χ0v) is 32.5. The van der Waals surface area contributed by atoms with Crippen LogP contribution in [0, 0.1) is 11.7 Å². The minimum Gasteiger partial charge on any atom is -0.453 e. The molecule has 0 spiro atoms. The molecule has 2 aliphatic heterocycles. The topological polar surface area (TPSA) is 175 Å². The molecule has 2 aromatic heterocycles. The van der Waals surface area contributed by atoms with Gasteiger partial charge in [0.1, 0.15) is 29.5 Å². The molecule has 5 atom stereocenters. The number of nitrogens with zero attached hydrogens (tertiary/aromatic N) is 4. The third kappa shape index (κ3) is 8.48. The molecule has 14 nitrogen and oxygen atoms in total. The Kier molecular flexibility index (Phi) is 12.1. The van der Waals surface area contributed by atoms with Gasteiger partial charge in [-0.25, -0.2) is 23.9 Å². The second kappa shape index (κ2) is 17.0. The summed E-state index contributed by atoms with van der Waals surface area (Å²) in [5, 5.41) is 5.41. The number of thioether (sulfide) groups is 1. The van der Waals surface area contributed by atoms with Gasteiger partial charge in [-0.1, -0.05) is 50.2 Å². The maximum atomic E-state index is 15.7. The molecule has 2 saturated heterocycles. The lowest BCUT2D eigenvalue weighted by atomic mass is 10.0. The number of halogens is 1. The average Bonchev–Trinajstić information content (AvgIpc) is 4.02. The van der Waals surface area contributed by atoms with Crippen LogP contribution >= 0.6 is 11.8 Å². The molecule has 0 saturated carbocycles. The number of imidazole rings is 2. The quantitative estimate of drug-likeness (QED) is 0.141. The van der Waals surface area contributed by atoms with Gasteiger partial charge < -0.3 is 39.9 Å². The third-order valence-corrected chi connectivity index (χ3v) is 11.3. The number of benzene rings is 2. The van der Waals surface area contributed by atoms with Gasteiger partial charge in [-0.2, -0.15) is 11.8 Å². The zero-order valence-electron chi connectivity index (χ0n) is 31.7. The first kappa shape index (κ1) is 39.3. The second-order valence-corrected chi connectivity index (χ2v) is 15.3. The van der Waals surface area contributed by atoms with Crippen molar-refractivity contribution in [2.75, 3.05) is 33.6 Å². The van der Waals surface area contributed by atoms with Crippen molar-refractivity contribution in [3.63, 3.8) is 0 Å². The van der Waals surface area contributed by atoms with Crippen LogP contribution in [0.1, 0.15) is 63.8 Å². The van der Waals surface area contributed by atoms with E-state index in [1.54, 1.807) is 46.9 Å². The number of aromatic nitrogens is 4. The SMILES string of the molecule is COC(=O)N[C@@H](C)C(=O)N1C[C@@H](SC)C[C@H]1c1ncc(-c2ccc(-c3ccc(-c4cnc([C@@H]5CCCN5C(=O)[C@@H](NC(=O)OC)C(C)C)[nH]4)cc3)c(F)c2)[nH]1. The summed E-state index contributed by atoms with van der Waals surface area (Å²) in [4.78, 5) is 69.9. The van der Waals surface area contributed by atoms with E-state index in [9.17, 15) is 19.2 Å². The predicted molar refractivity (Wildman–Crippen MR) is 206 cm³/mol. The van der Waals surface area contributed by atoms with Crippen LogP contribution in [-0.2, 0) is 19.1 Å². The minimum atomic E-state index is -0.778. The maximum Gasteiger partial charge on any atom is 0.407 e. The summed E-state index contributed by atoms with van der Waals surface area (Å²) in [5.74, 6) is 0.305. The molecule has 6 rings (SSSR count). The molecule has 2 aliphatic rings. The molecular weight excluding hydrogens is 728 g/mol. The van der Waals surface area contributed by atoms with Gasteiger partial charge in [0.05, 0.1) is 50.1 Å². The number of carbonyl (C=O) groups is 4. The summed E-state index contributed by atoms with van der Waals surface area (Å²) < 4.78 is 25.1. The lowest BCUT2D eigenvalue weighted by molar-refractivity contribution is -0.135. The molecule has 55 heavy (non-hydrogen) atoms. The summed E-state index contributed by atoms with van der Waals surface area (Å²) in [5.41, 5.74) is 3.98. The number of ether oxygens (including phenoxy) is 2. The minimum absolute atomic E-state index is 0.133. The van der Waals surface area contributed by atoms with E-state index in [1.165, 1.54) is 20.3 Å². The molecule has 4 N–H and O–H groups in total. The molecule has 4 heterocycles. The molecule has 0 unspecified atom stereocenters. The van der Waals surface area contributed by atoms with Gasteiger partial charge in [-0.05, 0) is 55.6 Å². The van der Waals surface area contributed by atoms with Crippen molar-refractivity contribution in [1.82, 2.24) is 40.4 Å². The van der Waals surface area contributed by atoms with Crippen molar-refractivity contribution in [1.29, 1.82) is 0 Å². The number of nitrogens with one attached hydrogen (secondary N) is 4. The maximum absolute atomic E-state index is 15.7. The van der Waals surface area contributed by atoms with Crippen molar-refractivity contribution < 1.29 is 33.0 Å². The molecule has 2 aromatic carbocycles. The fourth-order valence-electron chi connectivity index (χ4n) is 7.26. The van der Waals surface area contributed by atoms with Gasteiger partial charge in [0.25, 0.3) is 0 Å². The molecule has 16 heteroatoms. The second-order valence-electron chi connectivity index (χ2n) is 14.1. The Labute approximate surface area is 323 Å². The highest BCUT2D eigenvalue weighted by Gasteiger charge is 2.40. The van der Waals surface area contributed by atoms with Gasteiger partial charge in [-0.3, -0.25) is 9.59 Å². The van der Waals surface area contributed by atoms with Crippen LogP contribution in [0.5, 0.6) is 0 Å². The molecule has 0 radical (unpaired) electrons. The normalized spacial score (nSPS) is 19.3. The summed E-state index contributed by atoms with van der Waals surface area (Å²) >= 11 is 1.67. The summed E-state index contributed by atoms with van der Waals surface area (Å²) in [6, 6.07) is 10.4. The van der Waals surface area contributed by atoms with E-state index in [1.807, 2.05) is 50.4 Å². The van der Waals surface area contributed by atoms with Gasteiger partial charge in [0.15, 0.2) is 0 Å². The Morgan fingerprint density at radius 2 is 1.44 bits per heavy atom. The number of likely N-dealkylation sites (tertiary alicyclic amines) is 2. The Balaban J connectivity index is 1.14. The molecule has 0 bridgehead atoms. The Hall–Kier alpha value is -5.38. The van der Waals surface area contributed by atoms with Gasteiger partial charge in [0, 0.05) is 29.5 Å². The van der Waals surface area contributed by atoms with Crippen LogP contribution < -0.4 is 10.6 Å². The number of methoxy groups -OCH3 is 2. The lowest BCUT2D eigenvalue weighted by Crippen LogP contribution is -2.51. The summed E-state index contributed by atoms with van der Waals surface area (Å²) in [6.07, 6.45) is 6.28. The fraction of sp³-hybridized carbons (Fsp3) is 0.436. The number of carbonyl (C=O) groups excluding carboxylic acids is 4. The van der Waals surface area contributed by atoms with Crippen LogP contribution in [0.2, 0.25) is 0 Å². The van der Waals surface area contributed by atoms with E-state index < -0.39 is 30.1 Å². The summed E-state index contributed by atoms with van der Waals surface area (Å²) in [6.45, 7) is 6.44. The van der Waals surface area contributed by atoms with Crippen molar-refractivity contribution >= 4 is 35.8 Å². The highest BCUT2D eigenvalue weighted by atomic mass is 32.2. The third-order valence-electron chi connectivity index (χ3n) is 10.3. The zero-order chi connectivity index (χ0) is 39.4. The standard InChI is InChI=1S/C39H47FN8O6S/c1-21(2)33(46-39(52)54-5)37(50)47-15-7-8-31(47)34-41-18-29(44-34)24-11-9-23(10-12-24)27-14-13-25(16-28(27)40)30-19-42-35(45-30)32-17-26(55-6)20-48(32)36(49)22(3)43-38(51)53-4/h9-14,16,18-19,21-22,26,31-33H,7-8,15,17,20H2,1-6H3,(H,41,44)(H,42,45)(H,43,51)(H,46,52)/t22-,26-,31-,32-,33-/m0/s1. The number of hydrogen-bond donors (Lipinski definition) is 4. The lowest BCUT2D eigenvalue weighted by Gasteiger charge is -2.30. The number of aromatic amines is 2.